The highest BCUT2D eigenvalue weighted by atomic mass is 35.5. The van der Waals surface area contributed by atoms with E-state index >= 15 is 0 Å². The van der Waals surface area contributed by atoms with Crippen molar-refractivity contribution in [3.8, 4) is 0 Å². The smallest absolute Gasteiger partial charge is 0.259 e. The Hall–Kier alpha value is -2.44. The number of aliphatic hydroxyl groups is 1. The lowest BCUT2D eigenvalue weighted by molar-refractivity contribution is 0.0788. The Bertz CT molecular complexity index is 954. The summed E-state index contributed by atoms with van der Waals surface area (Å²) >= 11 is 5.95. The molecular formula is C20H21ClN4O2. The first-order valence-electron chi connectivity index (χ1n) is 9.11. The van der Waals surface area contributed by atoms with E-state index in [4.69, 9.17) is 16.7 Å². The molecule has 1 aromatic carbocycles. The van der Waals surface area contributed by atoms with E-state index in [0.29, 0.717) is 23.5 Å². The van der Waals surface area contributed by atoms with Crippen LogP contribution in [0.15, 0.2) is 42.9 Å². The molecule has 1 N–H and O–H groups in total. The van der Waals surface area contributed by atoms with Crippen LogP contribution in [0.5, 0.6) is 0 Å². The lowest BCUT2D eigenvalue weighted by Gasteiger charge is -2.16. The van der Waals surface area contributed by atoms with Gasteiger partial charge in [0.25, 0.3) is 5.91 Å². The van der Waals surface area contributed by atoms with Gasteiger partial charge in [-0.15, -0.1) is 0 Å². The van der Waals surface area contributed by atoms with Crippen molar-refractivity contribution < 1.29 is 9.90 Å². The molecule has 0 saturated carbocycles. The molecule has 4 rings (SSSR count). The van der Waals surface area contributed by atoms with Crippen LogP contribution in [0.2, 0.25) is 5.02 Å². The Morgan fingerprint density at radius 2 is 2.04 bits per heavy atom. The van der Waals surface area contributed by atoms with E-state index < -0.39 is 0 Å². The number of fused-ring (bicyclic) bond motifs is 1. The number of aromatic nitrogens is 3. The second-order valence-corrected chi connectivity index (χ2v) is 7.44. The highest BCUT2D eigenvalue weighted by Crippen LogP contribution is 2.24. The minimum absolute atomic E-state index is 0.0222. The van der Waals surface area contributed by atoms with Gasteiger partial charge in [-0.3, -0.25) is 4.79 Å². The molecule has 0 bridgehead atoms. The molecule has 3 heterocycles. The zero-order chi connectivity index (χ0) is 18.8. The molecule has 7 heteroatoms. The van der Waals surface area contributed by atoms with Gasteiger partial charge in [0, 0.05) is 37.1 Å². The molecule has 27 heavy (non-hydrogen) atoms. The van der Waals surface area contributed by atoms with Gasteiger partial charge in [0.15, 0.2) is 5.65 Å². The summed E-state index contributed by atoms with van der Waals surface area (Å²) in [5, 5.41) is 14.1. The van der Waals surface area contributed by atoms with Gasteiger partial charge < -0.3 is 10.0 Å². The summed E-state index contributed by atoms with van der Waals surface area (Å²) in [6.45, 7) is 1.54. The third-order valence-corrected chi connectivity index (χ3v) is 5.30. The molecule has 6 nitrogen and oxygen atoms in total. The van der Waals surface area contributed by atoms with Crippen molar-refractivity contribution in [2.75, 3.05) is 19.7 Å². The maximum absolute atomic E-state index is 13.0. The average molecular weight is 385 g/mol. The third-order valence-electron chi connectivity index (χ3n) is 5.05. The monoisotopic (exact) mass is 384 g/mol. The Morgan fingerprint density at radius 1 is 1.22 bits per heavy atom. The van der Waals surface area contributed by atoms with Crippen LogP contribution in [0.3, 0.4) is 0 Å². The second kappa shape index (κ2) is 7.66. The van der Waals surface area contributed by atoms with Crippen LogP contribution >= 0.6 is 11.6 Å². The number of hydrogen-bond donors (Lipinski definition) is 1. The molecule has 1 fully saturated rings. The number of amides is 1. The second-order valence-electron chi connectivity index (χ2n) is 7.00. The van der Waals surface area contributed by atoms with Crippen molar-refractivity contribution in [2.24, 2.45) is 5.92 Å². The molecule has 1 aliphatic rings. The van der Waals surface area contributed by atoms with Gasteiger partial charge in [-0.05, 0) is 48.4 Å². The van der Waals surface area contributed by atoms with Crippen molar-refractivity contribution in [1.82, 2.24) is 19.5 Å². The highest BCUT2D eigenvalue weighted by molar-refractivity contribution is 6.30. The summed E-state index contributed by atoms with van der Waals surface area (Å²) in [7, 11) is 0. The van der Waals surface area contributed by atoms with E-state index in [1.54, 1.807) is 16.9 Å². The molecule has 1 saturated heterocycles. The number of carbonyl (C=O) groups excluding carboxylic acids is 1. The molecule has 1 aliphatic heterocycles. The molecule has 1 unspecified atom stereocenters. The van der Waals surface area contributed by atoms with Crippen molar-refractivity contribution >= 4 is 23.2 Å². The van der Waals surface area contributed by atoms with E-state index in [2.05, 4.69) is 10.1 Å². The SMILES string of the molecule is O=C(c1cnn2cc(CCO)cnc12)N1CCC(Cc2ccc(Cl)cc2)C1. The zero-order valence-corrected chi connectivity index (χ0v) is 15.6. The zero-order valence-electron chi connectivity index (χ0n) is 14.9. The predicted octanol–water partition coefficient (Wildman–Crippen LogP) is 2.62. The molecule has 0 radical (unpaired) electrons. The summed E-state index contributed by atoms with van der Waals surface area (Å²) in [5.74, 6) is 0.423. The number of likely N-dealkylation sites (tertiary alicyclic amines) is 1. The van der Waals surface area contributed by atoms with Crippen molar-refractivity contribution in [3.63, 3.8) is 0 Å². The number of nitrogens with zero attached hydrogens (tertiary/aromatic N) is 4. The van der Waals surface area contributed by atoms with Gasteiger partial charge in [-0.2, -0.15) is 5.10 Å². The van der Waals surface area contributed by atoms with E-state index in [1.165, 1.54) is 5.56 Å². The fourth-order valence-corrected chi connectivity index (χ4v) is 3.76. The first-order valence-corrected chi connectivity index (χ1v) is 9.48. The first-order chi connectivity index (χ1) is 13.1. The summed E-state index contributed by atoms with van der Waals surface area (Å²) in [6.07, 6.45) is 7.53. The topological polar surface area (TPSA) is 70.7 Å². The Labute approximate surface area is 162 Å². The molecule has 0 spiro atoms. The fraction of sp³-hybridized carbons (Fsp3) is 0.350. The Balaban J connectivity index is 1.45. The molecular weight excluding hydrogens is 364 g/mol. The molecule has 2 aromatic heterocycles. The van der Waals surface area contributed by atoms with Crippen LogP contribution in [0.1, 0.15) is 27.9 Å². The van der Waals surface area contributed by atoms with Gasteiger partial charge in [0.05, 0.1) is 6.20 Å². The minimum atomic E-state index is -0.0222. The van der Waals surface area contributed by atoms with Crippen LogP contribution in [0, 0.1) is 5.92 Å². The van der Waals surface area contributed by atoms with Gasteiger partial charge >= 0.3 is 0 Å². The summed E-state index contributed by atoms with van der Waals surface area (Å²) in [5.41, 5.74) is 3.21. The van der Waals surface area contributed by atoms with Crippen LogP contribution < -0.4 is 0 Å². The lowest BCUT2D eigenvalue weighted by atomic mass is 9.99. The van der Waals surface area contributed by atoms with E-state index in [1.807, 2.05) is 35.4 Å². The van der Waals surface area contributed by atoms with Crippen molar-refractivity contribution in [1.29, 1.82) is 0 Å². The number of halogens is 1. The van der Waals surface area contributed by atoms with Crippen LogP contribution in [-0.4, -0.2) is 50.2 Å². The molecule has 3 aromatic rings. The van der Waals surface area contributed by atoms with Crippen LogP contribution in [-0.2, 0) is 12.8 Å². The number of hydrogen-bond acceptors (Lipinski definition) is 4. The summed E-state index contributed by atoms with van der Waals surface area (Å²) < 4.78 is 1.61. The summed E-state index contributed by atoms with van der Waals surface area (Å²) in [4.78, 5) is 19.2. The largest absolute Gasteiger partial charge is 0.396 e. The van der Waals surface area contributed by atoms with Crippen LogP contribution in [0.25, 0.3) is 5.65 Å². The normalized spacial score (nSPS) is 17.0. The van der Waals surface area contributed by atoms with E-state index in [9.17, 15) is 4.79 Å². The number of rotatable bonds is 5. The van der Waals surface area contributed by atoms with Gasteiger partial charge in [0.2, 0.25) is 0 Å². The fourth-order valence-electron chi connectivity index (χ4n) is 3.63. The average Bonchev–Trinajstić information content (AvgIpc) is 3.30. The lowest BCUT2D eigenvalue weighted by Crippen LogP contribution is -2.29. The molecule has 1 amide bonds. The third kappa shape index (κ3) is 3.82. The quantitative estimate of drug-likeness (QED) is 0.734. The number of benzene rings is 1. The standard InChI is InChI=1S/C20H21ClN4O2/c21-17-3-1-14(2-4-17)9-15-5-7-24(12-15)20(27)18-11-23-25-13-16(6-8-26)10-22-19(18)25/h1-4,10-11,13,15,26H,5-9,12H2. The maximum atomic E-state index is 13.0. The van der Waals surface area contributed by atoms with Gasteiger partial charge in [-0.25, -0.2) is 9.50 Å². The van der Waals surface area contributed by atoms with Gasteiger partial charge in [0.1, 0.15) is 5.56 Å². The molecule has 0 aliphatic carbocycles. The highest BCUT2D eigenvalue weighted by Gasteiger charge is 2.29. The first kappa shape index (κ1) is 17.9. The summed E-state index contributed by atoms with van der Waals surface area (Å²) in [6, 6.07) is 7.91. The van der Waals surface area contributed by atoms with E-state index in [-0.39, 0.29) is 12.5 Å². The van der Waals surface area contributed by atoms with Crippen molar-refractivity contribution in [3.05, 3.63) is 64.6 Å². The minimum Gasteiger partial charge on any atom is -0.396 e. The Morgan fingerprint density at radius 3 is 2.81 bits per heavy atom. The van der Waals surface area contributed by atoms with Crippen molar-refractivity contribution in [2.45, 2.75) is 19.3 Å². The van der Waals surface area contributed by atoms with Crippen LogP contribution in [0.4, 0.5) is 0 Å². The number of aliphatic hydroxyl groups excluding tert-OH is 1. The maximum Gasteiger partial charge on any atom is 0.259 e. The molecule has 1 atom stereocenters. The predicted molar refractivity (Wildman–Crippen MR) is 103 cm³/mol. The van der Waals surface area contributed by atoms with Gasteiger partial charge in [-0.1, -0.05) is 23.7 Å². The molecule has 140 valence electrons. The number of carbonyl (C=O) groups is 1. The Kier molecular flexibility index (Phi) is 5.09. The van der Waals surface area contributed by atoms with E-state index in [0.717, 1.165) is 36.5 Å².